The molecule has 0 fully saturated rings. The summed E-state index contributed by atoms with van der Waals surface area (Å²) < 4.78 is 4.55. The van der Waals surface area contributed by atoms with Gasteiger partial charge in [-0.25, -0.2) is 0 Å². The molecule has 0 aliphatic rings. The lowest BCUT2D eigenvalue weighted by molar-refractivity contribution is -0.140. The highest BCUT2D eigenvalue weighted by Crippen LogP contribution is 2.16. The molecule has 0 N–H and O–H groups in total. The Bertz CT molecular complexity index is 454. The molecule has 0 saturated heterocycles. The smallest absolute Gasteiger partial charge is 0.305 e. The third-order valence-corrected chi connectivity index (χ3v) is 2.96. The highest BCUT2D eigenvalue weighted by Gasteiger charge is 2.13. The Morgan fingerprint density at radius 1 is 1.32 bits per heavy atom. The van der Waals surface area contributed by atoms with E-state index in [2.05, 4.69) is 4.74 Å². The van der Waals surface area contributed by atoms with E-state index >= 15 is 0 Å². The molecule has 1 aromatic rings. The number of hydrogen-bond donors (Lipinski definition) is 0. The van der Waals surface area contributed by atoms with Crippen LogP contribution in [0.1, 0.15) is 28.8 Å². The topological polar surface area (TPSA) is 46.6 Å². The molecule has 0 radical (unpaired) electrons. The summed E-state index contributed by atoms with van der Waals surface area (Å²) in [5, 5.41) is 0.548. The first kappa shape index (κ1) is 15.5. The number of halogens is 1. The first-order chi connectivity index (χ1) is 8.93. The van der Waals surface area contributed by atoms with Crippen LogP contribution in [0, 0.1) is 6.92 Å². The first-order valence-corrected chi connectivity index (χ1v) is 6.41. The van der Waals surface area contributed by atoms with E-state index in [0.717, 1.165) is 5.56 Å². The average Bonchev–Trinajstić information content (AvgIpc) is 2.36. The molecular weight excluding hydrogens is 266 g/mol. The molecule has 0 atom stereocenters. The van der Waals surface area contributed by atoms with Crippen LogP contribution in [0.4, 0.5) is 0 Å². The Labute approximate surface area is 118 Å². The van der Waals surface area contributed by atoms with Crippen LogP contribution >= 0.6 is 11.6 Å². The van der Waals surface area contributed by atoms with Crippen molar-refractivity contribution >= 4 is 23.5 Å². The summed E-state index contributed by atoms with van der Waals surface area (Å²) in [4.78, 5) is 24.7. The van der Waals surface area contributed by atoms with E-state index < -0.39 is 0 Å². The monoisotopic (exact) mass is 283 g/mol. The molecule has 0 aromatic heterocycles. The minimum atomic E-state index is -0.264. The number of aryl methyl sites for hydroxylation is 1. The zero-order chi connectivity index (χ0) is 14.4. The number of esters is 1. The Balaban J connectivity index is 2.59. The van der Waals surface area contributed by atoms with Gasteiger partial charge in [-0.3, -0.25) is 9.59 Å². The van der Waals surface area contributed by atoms with Crippen molar-refractivity contribution in [2.45, 2.75) is 19.8 Å². The lowest BCUT2D eigenvalue weighted by atomic mass is 10.1. The second-order valence-corrected chi connectivity index (χ2v) is 4.86. The van der Waals surface area contributed by atoms with Crippen LogP contribution in [-0.2, 0) is 9.53 Å². The van der Waals surface area contributed by atoms with Gasteiger partial charge >= 0.3 is 5.97 Å². The summed E-state index contributed by atoms with van der Waals surface area (Å²) in [7, 11) is 3.06. The molecule has 1 amide bonds. The van der Waals surface area contributed by atoms with Gasteiger partial charge in [-0.2, -0.15) is 0 Å². The highest BCUT2D eigenvalue weighted by molar-refractivity contribution is 6.31. The van der Waals surface area contributed by atoms with Gasteiger partial charge in [-0.15, -0.1) is 0 Å². The third-order valence-electron chi connectivity index (χ3n) is 2.74. The zero-order valence-electron chi connectivity index (χ0n) is 11.4. The minimum Gasteiger partial charge on any atom is -0.469 e. The van der Waals surface area contributed by atoms with E-state index in [9.17, 15) is 9.59 Å². The standard InChI is InChI=1S/C14H18ClNO3/c1-10-7-11(9-12(15)8-10)14(18)16(2)6-4-5-13(17)19-3/h7-9H,4-6H2,1-3H3. The Hall–Kier alpha value is -1.55. The van der Waals surface area contributed by atoms with Crippen LogP contribution in [0.25, 0.3) is 0 Å². The SMILES string of the molecule is COC(=O)CCCN(C)C(=O)c1cc(C)cc(Cl)c1. The van der Waals surface area contributed by atoms with Crippen LogP contribution in [0.3, 0.4) is 0 Å². The van der Waals surface area contributed by atoms with Crippen molar-refractivity contribution in [2.24, 2.45) is 0 Å². The predicted octanol–water partition coefficient (Wildman–Crippen LogP) is 2.67. The first-order valence-electron chi connectivity index (χ1n) is 6.03. The number of carbonyl (C=O) groups is 2. The van der Waals surface area contributed by atoms with Gasteiger partial charge in [-0.1, -0.05) is 11.6 Å². The molecule has 0 bridgehead atoms. The van der Waals surface area contributed by atoms with Crippen LogP contribution in [-0.4, -0.2) is 37.5 Å². The molecule has 0 spiro atoms. The van der Waals surface area contributed by atoms with Gasteiger partial charge in [0.05, 0.1) is 7.11 Å². The van der Waals surface area contributed by atoms with E-state index in [1.807, 2.05) is 6.92 Å². The number of nitrogens with zero attached hydrogens (tertiary/aromatic N) is 1. The van der Waals surface area contributed by atoms with E-state index in [-0.39, 0.29) is 11.9 Å². The van der Waals surface area contributed by atoms with Gasteiger partial charge in [0, 0.05) is 30.6 Å². The third kappa shape index (κ3) is 4.91. The van der Waals surface area contributed by atoms with Crippen molar-refractivity contribution in [2.75, 3.05) is 20.7 Å². The number of carbonyl (C=O) groups excluding carboxylic acids is 2. The summed E-state index contributed by atoms with van der Waals surface area (Å²) in [6.45, 7) is 2.39. The fourth-order valence-corrected chi connectivity index (χ4v) is 2.03. The summed E-state index contributed by atoms with van der Waals surface area (Å²) in [5.41, 5.74) is 1.50. The second-order valence-electron chi connectivity index (χ2n) is 4.42. The molecule has 0 aliphatic heterocycles. The fraction of sp³-hybridized carbons (Fsp3) is 0.429. The lowest BCUT2D eigenvalue weighted by Crippen LogP contribution is -2.28. The molecule has 104 valence electrons. The van der Waals surface area contributed by atoms with Crippen molar-refractivity contribution < 1.29 is 14.3 Å². The maximum atomic E-state index is 12.1. The highest BCUT2D eigenvalue weighted by atomic mass is 35.5. The Morgan fingerprint density at radius 3 is 2.58 bits per heavy atom. The maximum absolute atomic E-state index is 12.1. The molecule has 4 nitrogen and oxygen atoms in total. The van der Waals surface area contributed by atoms with Gasteiger partial charge in [-0.05, 0) is 37.1 Å². The lowest BCUT2D eigenvalue weighted by Gasteiger charge is -2.17. The molecule has 0 saturated carbocycles. The van der Waals surface area contributed by atoms with Crippen LogP contribution in [0.2, 0.25) is 5.02 Å². The number of ether oxygens (including phenoxy) is 1. The number of methoxy groups -OCH3 is 1. The van der Waals surface area contributed by atoms with E-state index in [1.54, 1.807) is 30.1 Å². The van der Waals surface area contributed by atoms with E-state index in [0.29, 0.717) is 30.0 Å². The summed E-state index contributed by atoms with van der Waals surface area (Å²) >= 11 is 5.93. The fourth-order valence-electron chi connectivity index (χ4n) is 1.74. The Kier molecular flexibility index (Phi) is 5.83. The molecule has 1 aromatic carbocycles. The molecule has 5 heteroatoms. The molecule has 0 aliphatic carbocycles. The number of amides is 1. The molecule has 0 unspecified atom stereocenters. The number of rotatable bonds is 5. The largest absolute Gasteiger partial charge is 0.469 e. The predicted molar refractivity (Wildman–Crippen MR) is 74.4 cm³/mol. The van der Waals surface area contributed by atoms with Crippen LogP contribution in [0.5, 0.6) is 0 Å². The normalized spacial score (nSPS) is 10.1. The number of hydrogen-bond acceptors (Lipinski definition) is 3. The van der Waals surface area contributed by atoms with Gasteiger partial charge in [0.2, 0.25) is 0 Å². The van der Waals surface area contributed by atoms with Crippen molar-refractivity contribution in [1.82, 2.24) is 4.90 Å². The van der Waals surface area contributed by atoms with Gasteiger partial charge in [0.15, 0.2) is 0 Å². The van der Waals surface area contributed by atoms with E-state index in [4.69, 9.17) is 11.6 Å². The van der Waals surface area contributed by atoms with E-state index in [1.165, 1.54) is 7.11 Å². The summed E-state index contributed by atoms with van der Waals surface area (Å²) in [6.07, 6.45) is 0.886. The molecule has 19 heavy (non-hydrogen) atoms. The van der Waals surface area contributed by atoms with Crippen LogP contribution in [0.15, 0.2) is 18.2 Å². The quantitative estimate of drug-likeness (QED) is 0.781. The minimum absolute atomic E-state index is 0.101. The van der Waals surface area contributed by atoms with Crippen molar-refractivity contribution in [3.05, 3.63) is 34.3 Å². The average molecular weight is 284 g/mol. The molecule has 1 rings (SSSR count). The summed E-state index contributed by atoms with van der Waals surface area (Å²) in [5.74, 6) is -0.366. The molecule has 0 heterocycles. The van der Waals surface area contributed by atoms with Crippen LogP contribution < -0.4 is 0 Å². The second kappa shape index (κ2) is 7.14. The Morgan fingerprint density at radius 2 is 2.00 bits per heavy atom. The van der Waals surface area contributed by atoms with Gasteiger partial charge in [0.1, 0.15) is 0 Å². The maximum Gasteiger partial charge on any atom is 0.305 e. The molecular formula is C14H18ClNO3. The van der Waals surface area contributed by atoms with Crippen molar-refractivity contribution in [1.29, 1.82) is 0 Å². The summed E-state index contributed by atoms with van der Waals surface area (Å²) in [6, 6.07) is 5.24. The zero-order valence-corrected chi connectivity index (χ0v) is 12.2. The van der Waals surface area contributed by atoms with Crippen molar-refractivity contribution in [3.63, 3.8) is 0 Å². The number of benzene rings is 1. The van der Waals surface area contributed by atoms with Crippen molar-refractivity contribution in [3.8, 4) is 0 Å². The van der Waals surface area contributed by atoms with Gasteiger partial charge < -0.3 is 9.64 Å². The van der Waals surface area contributed by atoms with Gasteiger partial charge in [0.25, 0.3) is 5.91 Å².